The molecule has 2 rings (SSSR count). The van der Waals surface area contributed by atoms with Crippen LogP contribution in [0.2, 0.25) is 0 Å². The molecule has 0 fully saturated rings. The number of carbonyl (C=O) groups is 2. The number of rotatable bonds is 9. The van der Waals surface area contributed by atoms with Gasteiger partial charge in [-0.05, 0) is 40.2 Å². The number of aryl methyl sites for hydroxylation is 1. The number of carboxylic acid groups (broad SMARTS) is 1. The van der Waals surface area contributed by atoms with Gasteiger partial charge in [0.05, 0.1) is 43.5 Å². The molecule has 15 heteroatoms. The van der Waals surface area contributed by atoms with E-state index in [1.807, 2.05) is 0 Å². The topological polar surface area (TPSA) is 123 Å². The Morgan fingerprint density at radius 2 is 1.79 bits per heavy atom. The van der Waals surface area contributed by atoms with E-state index in [9.17, 15) is 37.5 Å². The number of hydrazine groups is 1. The number of methoxy groups -OCH3 is 1. The molecule has 0 atom stereocenters. The van der Waals surface area contributed by atoms with Crippen LogP contribution >= 0.6 is 11.3 Å². The van der Waals surface area contributed by atoms with Crippen LogP contribution in [0, 0.1) is 6.92 Å². The number of thiophene rings is 1. The summed E-state index contributed by atoms with van der Waals surface area (Å²) in [6.07, 6.45) is -4.10. The van der Waals surface area contributed by atoms with Gasteiger partial charge in [-0.2, -0.15) is 13.2 Å². The number of fused-ring (bicyclic) bond motifs is 1. The van der Waals surface area contributed by atoms with Crippen molar-refractivity contribution in [3.05, 3.63) is 43.6 Å². The van der Waals surface area contributed by atoms with Crippen molar-refractivity contribution >= 4 is 33.6 Å². The minimum absolute atomic E-state index is 0.0187. The molecule has 0 aliphatic heterocycles. The summed E-state index contributed by atoms with van der Waals surface area (Å²) in [5, 5.41) is 11.5. The third-order valence-corrected chi connectivity index (χ3v) is 6.63. The molecular weight excluding hydrogens is 533 g/mol. The lowest BCUT2D eigenvalue weighted by atomic mass is 10.1. The van der Waals surface area contributed by atoms with Crippen molar-refractivity contribution in [3.63, 3.8) is 0 Å². The fraction of sp³-hybridized carbons (Fsp3) is 0.565. The van der Waals surface area contributed by atoms with Gasteiger partial charge >= 0.3 is 18.0 Å². The summed E-state index contributed by atoms with van der Waals surface area (Å²) in [6, 6.07) is 0. The van der Waals surface area contributed by atoms with E-state index >= 15 is 0 Å². The molecule has 0 aromatic carbocycles. The maximum Gasteiger partial charge on any atom is 0.426 e. The van der Waals surface area contributed by atoms with Gasteiger partial charge in [-0.1, -0.05) is 0 Å². The van der Waals surface area contributed by atoms with Crippen molar-refractivity contribution in [3.8, 4) is 0 Å². The van der Waals surface area contributed by atoms with Crippen LogP contribution in [0.3, 0.4) is 0 Å². The van der Waals surface area contributed by atoms with Crippen LogP contribution in [0.25, 0.3) is 10.2 Å². The molecule has 2 aromatic rings. The first-order valence-corrected chi connectivity index (χ1v) is 12.3. The summed E-state index contributed by atoms with van der Waals surface area (Å²) in [5.41, 5.74) is -3.14. The number of carbonyl (C=O) groups excluding carboxylic acids is 1. The maximum atomic E-state index is 13.2. The molecular formula is C23H31F3N4O7S. The molecule has 0 aliphatic rings. The van der Waals surface area contributed by atoms with Crippen LogP contribution in [0.15, 0.2) is 21.9 Å². The van der Waals surface area contributed by atoms with Gasteiger partial charge in [-0.15, -0.1) is 11.3 Å². The molecule has 0 radical (unpaired) electrons. The molecule has 2 amide bonds. The van der Waals surface area contributed by atoms with E-state index in [0.29, 0.717) is 4.88 Å². The summed E-state index contributed by atoms with van der Waals surface area (Å²) in [4.78, 5) is 51.7. The van der Waals surface area contributed by atoms with E-state index in [0.717, 1.165) is 38.3 Å². The number of ether oxygens (including phenoxy) is 2. The van der Waals surface area contributed by atoms with Crippen LogP contribution in [0.1, 0.15) is 38.1 Å². The molecule has 1 N–H and O–H groups in total. The van der Waals surface area contributed by atoms with Gasteiger partial charge < -0.3 is 14.6 Å². The zero-order valence-electron chi connectivity index (χ0n) is 21.9. The van der Waals surface area contributed by atoms with Crippen LogP contribution in [0.4, 0.5) is 18.0 Å². The van der Waals surface area contributed by atoms with Crippen molar-refractivity contribution in [2.24, 2.45) is 0 Å². The van der Waals surface area contributed by atoms with E-state index in [-0.39, 0.29) is 46.7 Å². The Hall–Kier alpha value is -3.33. The van der Waals surface area contributed by atoms with Gasteiger partial charge in [0.15, 0.2) is 0 Å². The van der Waals surface area contributed by atoms with E-state index in [1.165, 1.54) is 14.0 Å². The molecule has 0 saturated heterocycles. The van der Waals surface area contributed by atoms with Gasteiger partial charge in [-0.3, -0.25) is 18.7 Å². The Kier molecular flexibility index (Phi) is 9.77. The highest BCUT2D eigenvalue weighted by Crippen LogP contribution is 2.31. The fourth-order valence-electron chi connectivity index (χ4n) is 3.71. The highest BCUT2D eigenvalue weighted by molar-refractivity contribution is 7.18. The van der Waals surface area contributed by atoms with Crippen LogP contribution in [-0.4, -0.2) is 68.3 Å². The first kappa shape index (κ1) is 30.9. The number of alkyl halides is 3. The highest BCUT2D eigenvalue weighted by atomic mass is 32.1. The van der Waals surface area contributed by atoms with Crippen LogP contribution < -0.4 is 11.2 Å². The van der Waals surface area contributed by atoms with Gasteiger partial charge in [-0.25, -0.2) is 19.6 Å². The van der Waals surface area contributed by atoms with Gasteiger partial charge in [0, 0.05) is 18.1 Å². The number of halogens is 3. The second-order valence-corrected chi connectivity index (χ2v) is 10.3. The average molecular weight is 565 g/mol. The van der Waals surface area contributed by atoms with E-state index in [4.69, 9.17) is 9.47 Å². The predicted molar refractivity (Wildman–Crippen MR) is 134 cm³/mol. The molecule has 2 aromatic heterocycles. The summed E-state index contributed by atoms with van der Waals surface area (Å²) in [6.45, 7) is 5.88. The molecule has 11 nitrogen and oxygen atoms in total. The van der Waals surface area contributed by atoms with E-state index in [2.05, 4.69) is 0 Å². The van der Waals surface area contributed by atoms with Crippen molar-refractivity contribution in [2.45, 2.75) is 66.0 Å². The summed E-state index contributed by atoms with van der Waals surface area (Å²) >= 11 is 0.914. The summed E-state index contributed by atoms with van der Waals surface area (Å²) in [5.74, 6) is -0.751. The minimum atomic E-state index is -4.83. The smallest absolute Gasteiger partial charge is 0.426 e. The number of hydrogen-bond donors (Lipinski definition) is 1. The molecule has 0 unspecified atom stereocenters. The molecule has 0 bridgehead atoms. The third kappa shape index (κ3) is 6.95. The molecule has 0 spiro atoms. The van der Waals surface area contributed by atoms with Crippen molar-refractivity contribution in [1.82, 2.24) is 19.2 Å². The zero-order valence-corrected chi connectivity index (χ0v) is 22.7. The Balaban J connectivity index is 2.80. The Bertz CT molecular complexity index is 1320. The lowest BCUT2D eigenvalue weighted by Crippen LogP contribution is -2.57. The van der Waals surface area contributed by atoms with Gasteiger partial charge in [0.25, 0.3) is 11.5 Å². The Labute approximate surface area is 220 Å². The molecule has 0 aliphatic carbocycles. The Morgan fingerprint density at radius 1 is 1.16 bits per heavy atom. The third-order valence-electron chi connectivity index (χ3n) is 5.33. The number of aromatic nitrogens is 2. The maximum absolute atomic E-state index is 13.2. The van der Waals surface area contributed by atoms with Gasteiger partial charge in [0.1, 0.15) is 11.4 Å². The van der Waals surface area contributed by atoms with E-state index in [1.54, 1.807) is 27.7 Å². The highest BCUT2D eigenvalue weighted by Gasteiger charge is 2.36. The molecule has 212 valence electrons. The van der Waals surface area contributed by atoms with Crippen molar-refractivity contribution in [1.29, 1.82) is 0 Å². The molecule has 0 saturated carbocycles. The number of hydrogen-bond acceptors (Lipinski definition) is 7. The standard InChI is InChI=1S/C23H31F3N4O7S/c1-7-37-10-8-16(31)29(30(21(34)35)22(3,4)5)12-15-14(2)17-18(32)28(13-23(24,25)26)20(33)27(9-11-36-6)19(17)38-15/h8,10H,7,9,11-13H2,1-6H3,(H,34,35). The first-order valence-electron chi connectivity index (χ1n) is 11.5. The average Bonchev–Trinajstić information content (AvgIpc) is 3.10. The Morgan fingerprint density at radius 3 is 2.29 bits per heavy atom. The van der Waals surface area contributed by atoms with Crippen LogP contribution in [0.5, 0.6) is 0 Å². The zero-order chi connectivity index (χ0) is 29.0. The number of nitrogens with zero attached hydrogens (tertiary/aromatic N) is 4. The summed E-state index contributed by atoms with van der Waals surface area (Å²) in [7, 11) is 1.35. The van der Waals surface area contributed by atoms with Gasteiger partial charge in [0.2, 0.25) is 0 Å². The van der Waals surface area contributed by atoms with E-state index < -0.39 is 41.5 Å². The largest absolute Gasteiger partial charge is 0.501 e. The normalized spacial score (nSPS) is 12.3. The first-order chi connectivity index (χ1) is 17.5. The van der Waals surface area contributed by atoms with Crippen LogP contribution in [-0.2, 0) is 33.9 Å². The molecule has 2 heterocycles. The quantitative estimate of drug-likeness (QED) is 0.282. The molecule has 38 heavy (non-hydrogen) atoms. The lowest BCUT2D eigenvalue weighted by molar-refractivity contribution is -0.149. The predicted octanol–water partition coefficient (Wildman–Crippen LogP) is 3.31. The van der Waals surface area contributed by atoms with Crippen molar-refractivity contribution in [2.75, 3.05) is 20.3 Å². The second kappa shape index (κ2) is 12.0. The van der Waals surface area contributed by atoms with Crippen molar-refractivity contribution < 1.29 is 37.3 Å². The lowest BCUT2D eigenvalue weighted by Gasteiger charge is -2.40. The monoisotopic (exact) mass is 564 g/mol. The second-order valence-electron chi connectivity index (χ2n) is 9.18. The SMILES string of the molecule is CCOC=CC(=O)N(Cc1sc2c(c1C)c(=O)n(CC(F)(F)F)c(=O)n2CCOC)N(C(=O)O)C(C)(C)C. The number of amides is 2. The fourth-order valence-corrected chi connectivity index (χ4v) is 5.01. The minimum Gasteiger partial charge on any atom is -0.501 e. The summed E-state index contributed by atoms with van der Waals surface area (Å²) < 4.78 is 50.8.